The van der Waals surface area contributed by atoms with E-state index < -0.39 is 81.2 Å². The van der Waals surface area contributed by atoms with Gasteiger partial charge < -0.3 is 40.5 Å². The van der Waals surface area contributed by atoms with Gasteiger partial charge in [0, 0.05) is 32.6 Å². The number of ether oxygens (including phenoxy) is 1. The number of hydrogen-bond acceptors (Lipinski definition) is 13. The van der Waals surface area contributed by atoms with Gasteiger partial charge in [-0.1, -0.05) is 50.2 Å². The van der Waals surface area contributed by atoms with Crippen LogP contribution in [0.15, 0.2) is 48.5 Å². The van der Waals surface area contributed by atoms with Crippen molar-refractivity contribution in [3.05, 3.63) is 59.7 Å². The van der Waals surface area contributed by atoms with E-state index in [-0.39, 0.29) is 11.8 Å². The molecule has 8 aliphatic rings. The van der Waals surface area contributed by atoms with Crippen molar-refractivity contribution >= 4 is 66.4 Å². The van der Waals surface area contributed by atoms with Crippen molar-refractivity contribution in [3.63, 3.8) is 0 Å². The summed E-state index contributed by atoms with van der Waals surface area (Å²) in [5, 5.41) is 44.1. The van der Waals surface area contributed by atoms with Crippen LogP contribution in [0.1, 0.15) is 25.0 Å². The number of aliphatic hydroxyl groups excluding tert-OH is 3. The first-order chi connectivity index (χ1) is 23.8. The van der Waals surface area contributed by atoms with Gasteiger partial charge in [0.1, 0.15) is 30.6 Å². The van der Waals surface area contributed by atoms with Crippen molar-refractivity contribution in [2.24, 2.45) is 5.92 Å². The standard InChI is InChI=1S/C33H36N6O8S3/c1-15(2)32-28(46)39-25-30(17-11-7-9-13-19(17)35-25,23(43)33(39,49-50-48-32)27(45)37(32)4)29-16-10-6-8-12-18(16)34-24(29)38-21(41)20(14-40)36(3)26(44)31(38,47-5)22(29)42/h6-13,15,20,22-25,34-35,40,42-43H,14H2,1-5H3/t20-,22+,23+,24-,25+,29-,30+,31-,32-,33-/m0/s1. The lowest BCUT2D eigenvalue weighted by Crippen LogP contribution is -2.75. The summed E-state index contributed by atoms with van der Waals surface area (Å²) in [5.41, 5.74) is -3.90. The molecule has 1 spiro atoms. The third-order valence-electron chi connectivity index (χ3n) is 12.6. The number of carbonyl (C=O) groups is 4. The fraction of sp³-hybridized carbons (Fsp3) is 0.515. The zero-order chi connectivity index (χ0) is 35.5. The van der Waals surface area contributed by atoms with Crippen molar-refractivity contribution in [3.8, 4) is 0 Å². The Bertz CT molecular complexity index is 1920. The highest BCUT2D eigenvalue weighted by Gasteiger charge is 2.91. The molecule has 8 aliphatic heterocycles. The predicted octanol–water partition coefficient (Wildman–Crippen LogP) is 0.511. The van der Waals surface area contributed by atoms with E-state index in [0.717, 1.165) is 15.7 Å². The monoisotopic (exact) mass is 740 g/mol. The second-order valence-electron chi connectivity index (χ2n) is 14.3. The molecule has 4 amide bonds. The molecule has 0 aliphatic carbocycles. The van der Waals surface area contributed by atoms with Crippen LogP contribution in [0, 0.1) is 5.92 Å². The number of likely N-dealkylation sites (N-methyl/N-ethyl adjacent to an activating group) is 2. The number of piperazine rings is 2. The third-order valence-corrected chi connectivity index (χ3v) is 17.9. The van der Waals surface area contributed by atoms with E-state index in [1.165, 1.54) is 49.5 Å². The number of amides is 4. The number of rotatable bonds is 4. The summed E-state index contributed by atoms with van der Waals surface area (Å²) >= 11 is 0. The minimum absolute atomic E-state index is 0.335. The molecule has 8 heterocycles. The molecule has 0 saturated carbocycles. The van der Waals surface area contributed by atoms with Gasteiger partial charge in [0.05, 0.1) is 17.4 Å². The van der Waals surface area contributed by atoms with Crippen molar-refractivity contribution in [2.45, 2.75) is 70.7 Å². The van der Waals surface area contributed by atoms with Crippen molar-refractivity contribution in [2.75, 3.05) is 38.4 Å². The summed E-state index contributed by atoms with van der Waals surface area (Å²) in [7, 11) is 7.85. The Hall–Kier alpha value is -3.19. The Labute approximate surface area is 299 Å². The second kappa shape index (κ2) is 10.0. The van der Waals surface area contributed by atoms with Gasteiger partial charge in [-0.25, -0.2) is 0 Å². The van der Waals surface area contributed by atoms with Crippen LogP contribution in [0.2, 0.25) is 0 Å². The second-order valence-corrected chi connectivity index (χ2v) is 18.6. The molecule has 2 aromatic rings. The average molecular weight is 741 g/mol. The normalized spacial score (nSPS) is 42.2. The van der Waals surface area contributed by atoms with Crippen LogP contribution in [-0.2, 0) is 34.7 Å². The number of benzene rings is 2. The van der Waals surface area contributed by atoms with E-state index in [1.807, 2.05) is 26.0 Å². The Balaban J connectivity index is 1.43. The maximum absolute atomic E-state index is 15.3. The van der Waals surface area contributed by atoms with Gasteiger partial charge in [-0.3, -0.25) is 29.0 Å². The highest BCUT2D eigenvalue weighted by molar-refractivity contribution is 9.10. The Kier molecular flexibility index (Phi) is 6.55. The molecule has 2 aromatic carbocycles. The molecule has 5 N–H and O–H groups in total. The summed E-state index contributed by atoms with van der Waals surface area (Å²) in [4.78, 5) is 61.5. The number of carbonyl (C=O) groups excluding carboxylic acids is 4. The number of methoxy groups -OCH3 is 1. The Morgan fingerprint density at radius 2 is 1.38 bits per heavy atom. The largest absolute Gasteiger partial charge is 0.394 e. The number of nitrogens with one attached hydrogen (secondary N) is 2. The zero-order valence-corrected chi connectivity index (χ0v) is 30.1. The van der Waals surface area contributed by atoms with E-state index in [2.05, 4.69) is 10.6 Å². The lowest BCUT2D eigenvalue weighted by Gasteiger charge is -2.52. The lowest BCUT2D eigenvalue weighted by molar-refractivity contribution is -0.218. The van der Waals surface area contributed by atoms with Gasteiger partial charge in [0.2, 0.25) is 4.87 Å². The number of fused-ring (bicyclic) bond motifs is 12. The molecule has 0 unspecified atom stereocenters. The van der Waals surface area contributed by atoms with Crippen LogP contribution in [0.4, 0.5) is 11.4 Å². The number of nitrogens with zero attached hydrogens (tertiary/aromatic N) is 4. The van der Waals surface area contributed by atoms with Crippen LogP contribution in [-0.4, -0.2) is 132 Å². The number of para-hydroxylation sites is 2. The lowest BCUT2D eigenvalue weighted by atomic mass is 9.51. The van der Waals surface area contributed by atoms with E-state index >= 15 is 9.59 Å². The summed E-state index contributed by atoms with van der Waals surface area (Å²) < 4.78 is 6.04. The Morgan fingerprint density at radius 3 is 1.94 bits per heavy atom. The minimum Gasteiger partial charge on any atom is -0.394 e. The first-order valence-electron chi connectivity index (χ1n) is 16.3. The molecule has 10 rings (SSSR count). The topological polar surface area (TPSA) is 175 Å². The predicted molar refractivity (Wildman–Crippen MR) is 186 cm³/mol. The SMILES string of the molecule is CO[C@@]12C(=O)N(C)[C@@H](CO)C(=O)N1[C@@H]1Nc3ccccc3[C@]1([C@@]13c4ccccc4N[C@@H]1N1C(=O)[C@]4(C(C)C)SSS[C@]1(C(=O)N4C)[C@@H]3O)[C@H]2O. The maximum atomic E-state index is 15.3. The van der Waals surface area contributed by atoms with Crippen molar-refractivity contribution in [1.82, 2.24) is 19.6 Å². The van der Waals surface area contributed by atoms with Crippen LogP contribution in [0.25, 0.3) is 0 Å². The summed E-state index contributed by atoms with van der Waals surface area (Å²) in [6, 6.07) is 13.0. The van der Waals surface area contributed by atoms with Crippen LogP contribution in [0.5, 0.6) is 0 Å². The molecule has 6 saturated heterocycles. The van der Waals surface area contributed by atoms with E-state index in [0.29, 0.717) is 22.5 Å². The highest BCUT2D eigenvalue weighted by atomic mass is 33.5. The maximum Gasteiger partial charge on any atom is 0.279 e. The quantitative estimate of drug-likeness (QED) is 0.275. The van der Waals surface area contributed by atoms with Crippen LogP contribution in [0.3, 0.4) is 0 Å². The first kappa shape index (κ1) is 32.7. The fourth-order valence-corrected chi connectivity index (χ4v) is 16.8. The van der Waals surface area contributed by atoms with E-state index in [1.54, 1.807) is 43.4 Å². The summed E-state index contributed by atoms with van der Waals surface area (Å²) in [6.45, 7) is 3.08. The molecule has 0 radical (unpaired) electrons. The fourth-order valence-electron chi connectivity index (χ4n) is 10.5. The van der Waals surface area contributed by atoms with Crippen molar-refractivity contribution in [1.29, 1.82) is 0 Å². The molecule has 14 nitrogen and oxygen atoms in total. The third kappa shape index (κ3) is 2.95. The average Bonchev–Trinajstić information content (AvgIpc) is 3.70. The molecule has 17 heteroatoms. The number of aliphatic hydroxyl groups is 3. The highest BCUT2D eigenvalue weighted by Crippen LogP contribution is 2.76. The number of anilines is 2. The molecule has 2 bridgehead atoms. The Morgan fingerprint density at radius 1 is 0.820 bits per heavy atom. The van der Waals surface area contributed by atoms with Gasteiger partial charge >= 0.3 is 0 Å². The number of hydrogen-bond donors (Lipinski definition) is 5. The van der Waals surface area contributed by atoms with Crippen LogP contribution >= 0.6 is 31.4 Å². The van der Waals surface area contributed by atoms with Gasteiger partial charge in [-0.05, 0) is 60.6 Å². The van der Waals surface area contributed by atoms with Gasteiger partial charge in [0.25, 0.3) is 29.4 Å². The molecule has 50 heavy (non-hydrogen) atoms. The summed E-state index contributed by atoms with van der Waals surface area (Å²) in [5.74, 6) is -2.63. The molecule has 10 atom stereocenters. The van der Waals surface area contributed by atoms with E-state index in [9.17, 15) is 24.9 Å². The molecule has 0 aromatic heterocycles. The zero-order valence-electron chi connectivity index (χ0n) is 27.7. The van der Waals surface area contributed by atoms with Gasteiger partial charge in [-0.15, -0.1) is 0 Å². The van der Waals surface area contributed by atoms with Gasteiger partial charge in [-0.2, -0.15) is 0 Å². The van der Waals surface area contributed by atoms with Crippen molar-refractivity contribution < 1.29 is 39.2 Å². The molecule has 264 valence electrons. The first-order valence-corrected chi connectivity index (χ1v) is 19.8. The van der Waals surface area contributed by atoms with Crippen LogP contribution < -0.4 is 10.6 Å². The molecular formula is C33H36N6O8S3. The summed E-state index contributed by atoms with van der Waals surface area (Å²) in [6.07, 6.45) is -6.00. The molecule has 6 fully saturated rings. The smallest absolute Gasteiger partial charge is 0.279 e. The molecular weight excluding hydrogens is 705 g/mol. The minimum atomic E-state index is -2.32. The van der Waals surface area contributed by atoms with E-state index in [4.69, 9.17) is 4.74 Å². The van der Waals surface area contributed by atoms with Gasteiger partial charge in [0.15, 0.2) is 4.87 Å².